The van der Waals surface area contributed by atoms with Gasteiger partial charge in [0.2, 0.25) is 0 Å². The quantitative estimate of drug-likeness (QED) is 0.665. The van der Waals surface area contributed by atoms with E-state index in [0.717, 1.165) is 24.7 Å². The number of aryl methyl sites for hydroxylation is 2. The third-order valence-electron chi connectivity index (χ3n) is 5.43. The molecule has 1 aliphatic carbocycles. The van der Waals surface area contributed by atoms with Crippen molar-refractivity contribution in [2.45, 2.75) is 78.1 Å². The van der Waals surface area contributed by atoms with E-state index in [1.165, 1.54) is 37.7 Å². The van der Waals surface area contributed by atoms with E-state index in [2.05, 4.69) is 39.0 Å². The lowest BCUT2D eigenvalue weighted by molar-refractivity contribution is -0.138. The van der Waals surface area contributed by atoms with Gasteiger partial charge >= 0.3 is 5.97 Å². The van der Waals surface area contributed by atoms with Gasteiger partial charge in [-0.2, -0.15) is 0 Å². The van der Waals surface area contributed by atoms with Crippen LogP contribution in [0.2, 0.25) is 0 Å². The lowest BCUT2D eigenvalue weighted by atomic mass is 9.76. The summed E-state index contributed by atoms with van der Waals surface area (Å²) in [6.07, 6.45) is 8.91. The van der Waals surface area contributed by atoms with E-state index in [9.17, 15) is 4.79 Å². The topological polar surface area (TPSA) is 37.3 Å². The Kier molecular flexibility index (Phi) is 6.68. The molecule has 2 heteroatoms. The van der Waals surface area contributed by atoms with E-state index in [4.69, 9.17) is 5.11 Å². The van der Waals surface area contributed by atoms with Gasteiger partial charge in [-0.15, -0.1) is 0 Å². The molecule has 1 aliphatic rings. The molecular formula is C21H32O2. The molecule has 1 N–H and O–H groups in total. The van der Waals surface area contributed by atoms with Gasteiger partial charge in [0.15, 0.2) is 0 Å². The first kappa shape index (κ1) is 18.0. The van der Waals surface area contributed by atoms with Gasteiger partial charge < -0.3 is 5.11 Å². The number of carbonyl (C=O) groups is 1. The molecule has 0 aliphatic heterocycles. The van der Waals surface area contributed by atoms with Gasteiger partial charge in [0.05, 0.1) is 0 Å². The summed E-state index contributed by atoms with van der Waals surface area (Å²) in [6.45, 7) is 6.68. The number of fused-ring (bicyclic) bond motifs is 1. The number of carboxylic acid groups (broad SMARTS) is 1. The van der Waals surface area contributed by atoms with Crippen molar-refractivity contribution in [1.82, 2.24) is 0 Å². The monoisotopic (exact) mass is 316 g/mol. The summed E-state index contributed by atoms with van der Waals surface area (Å²) in [6, 6.07) is 6.77. The molecular weight excluding hydrogens is 284 g/mol. The summed E-state index contributed by atoms with van der Waals surface area (Å²) in [4.78, 5) is 10.7. The smallest absolute Gasteiger partial charge is 0.303 e. The molecule has 23 heavy (non-hydrogen) atoms. The molecule has 0 saturated carbocycles. The van der Waals surface area contributed by atoms with Crippen molar-refractivity contribution < 1.29 is 9.90 Å². The van der Waals surface area contributed by atoms with Gasteiger partial charge in [-0.05, 0) is 67.1 Å². The predicted octanol–water partition coefficient (Wildman–Crippen LogP) is 5.72. The van der Waals surface area contributed by atoms with Crippen molar-refractivity contribution in [3.05, 3.63) is 34.9 Å². The highest BCUT2D eigenvalue weighted by atomic mass is 16.4. The molecule has 2 rings (SSSR count). The maximum Gasteiger partial charge on any atom is 0.303 e. The van der Waals surface area contributed by atoms with Crippen molar-refractivity contribution in [3.8, 4) is 0 Å². The molecule has 2 nitrogen and oxygen atoms in total. The number of carboxylic acids is 1. The van der Waals surface area contributed by atoms with Crippen LogP contribution in [0.1, 0.15) is 81.4 Å². The molecule has 0 bridgehead atoms. The molecule has 0 fully saturated rings. The summed E-state index contributed by atoms with van der Waals surface area (Å²) in [5.74, 6) is 1.09. The van der Waals surface area contributed by atoms with Gasteiger partial charge in [0, 0.05) is 6.42 Å². The molecule has 0 aromatic heterocycles. The molecule has 0 saturated heterocycles. The van der Waals surface area contributed by atoms with Gasteiger partial charge in [-0.25, -0.2) is 0 Å². The maximum atomic E-state index is 10.7. The zero-order chi connectivity index (χ0) is 16.8. The molecule has 1 aromatic carbocycles. The molecule has 0 spiro atoms. The van der Waals surface area contributed by atoms with Gasteiger partial charge in [-0.1, -0.05) is 51.3 Å². The van der Waals surface area contributed by atoms with Crippen LogP contribution in [0.3, 0.4) is 0 Å². The predicted molar refractivity (Wildman–Crippen MR) is 95.9 cm³/mol. The minimum Gasteiger partial charge on any atom is -0.481 e. The van der Waals surface area contributed by atoms with Crippen molar-refractivity contribution >= 4 is 5.97 Å². The Morgan fingerprint density at radius 2 is 2.00 bits per heavy atom. The van der Waals surface area contributed by atoms with Crippen LogP contribution in [0.25, 0.3) is 0 Å². The Morgan fingerprint density at radius 3 is 2.74 bits per heavy atom. The number of hydrogen-bond acceptors (Lipinski definition) is 1. The second-order valence-electron chi connectivity index (χ2n) is 7.71. The average molecular weight is 316 g/mol. The van der Waals surface area contributed by atoms with Crippen LogP contribution in [0.15, 0.2) is 18.2 Å². The molecule has 3 unspecified atom stereocenters. The zero-order valence-electron chi connectivity index (χ0n) is 15.0. The third kappa shape index (κ3) is 5.37. The lowest BCUT2D eigenvalue weighted by Gasteiger charge is -2.29. The molecule has 1 aromatic rings. The SMILES string of the molecule is Cc1cccc2c1C(CC(C)CCCC(C)CC(=O)O)CCC2. The fourth-order valence-electron chi connectivity index (χ4n) is 4.28. The Labute approximate surface area is 141 Å². The minimum atomic E-state index is -0.667. The van der Waals surface area contributed by atoms with Crippen LogP contribution in [0.5, 0.6) is 0 Å². The summed E-state index contributed by atoms with van der Waals surface area (Å²) in [5.41, 5.74) is 4.67. The fourth-order valence-corrected chi connectivity index (χ4v) is 4.28. The molecule has 0 amide bonds. The van der Waals surface area contributed by atoms with Crippen LogP contribution in [-0.4, -0.2) is 11.1 Å². The second kappa shape index (κ2) is 8.52. The standard InChI is InChI=1S/C21H32O2/c1-15(7-4-8-16(2)14-20(22)23)13-19-12-6-11-18-10-5-9-17(3)21(18)19/h5,9-10,15-16,19H,4,6-8,11-14H2,1-3H3,(H,22,23). The Balaban J connectivity index is 1.83. The summed E-state index contributed by atoms with van der Waals surface area (Å²) in [7, 11) is 0. The second-order valence-corrected chi connectivity index (χ2v) is 7.71. The van der Waals surface area contributed by atoms with E-state index in [-0.39, 0.29) is 0 Å². The summed E-state index contributed by atoms with van der Waals surface area (Å²) >= 11 is 0. The Morgan fingerprint density at radius 1 is 1.26 bits per heavy atom. The molecule has 0 heterocycles. The summed E-state index contributed by atoms with van der Waals surface area (Å²) < 4.78 is 0. The highest BCUT2D eigenvalue weighted by Crippen LogP contribution is 2.38. The fraction of sp³-hybridized carbons (Fsp3) is 0.667. The Bertz CT molecular complexity index is 521. The number of aliphatic carboxylic acids is 1. The van der Waals surface area contributed by atoms with Crippen LogP contribution in [-0.2, 0) is 11.2 Å². The van der Waals surface area contributed by atoms with Crippen LogP contribution in [0, 0.1) is 18.8 Å². The first-order valence-corrected chi connectivity index (χ1v) is 9.27. The lowest BCUT2D eigenvalue weighted by Crippen LogP contribution is -2.14. The zero-order valence-corrected chi connectivity index (χ0v) is 15.0. The first-order valence-electron chi connectivity index (χ1n) is 9.27. The maximum absolute atomic E-state index is 10.7. The first-order chi connectivity index (χ1) is 11.0. The number of benzene rings is 1. The molecule has 0 radical (unpaired) electrons. The normalized spacial score (nSPS) is 19.9. The minimum absolute atomic E-state index is 0.303. The van der Waals surface area contributed by atoms with E-state index in [0.29, 0.717) is 12.3 Å². The van der Waals surface area contributed by atoms with Gasteiger partial charge in [-0.3, -0.25) is 4.79 Å². The van der Waals surface area contributed by atoms with Gasteiger partial charge in [0.1, 0.15) is 0 Å². The van der Waals surface area contributed by atoms with E-state index in [1.807, 2.05) is 0 Å². The number of rotatable bonds is 8. The van der Waals surface area contributed by atoms with E-state index in [1.54, 1.807) is 11.1 Å². The van der Waals surface area contributed by atoms with Crippen LogP contribution >= 0.6 is 0 Å². The number of hydrogen-bond donors (Lipinski definition) is 1. The van der Waals surface area contributed by atoms with E-state index < -0.39 is 5.97 Å². The summed E-state index contributed by atoms with van der Waals surface area (Å²) in [5, 5.41) is 8.83. The van der Waals surface area contributed by atoms with Crippen molar-refractivity contribution in [2.24, 2.45) is 11.8 Å². The van der Waals surface area contributed by atoms with Crippen molar-refractivity contribution in [3.63, 3.8) is 0 Å². The van der Waals surface area contributed by atoms with Crippen molar-refractivity contribution in [2.75, 3.05) is 0 Å². The molecule has 3 atom stereocenters. The average Bonchev–Trinajstić information content (AvgIpc) is 2.46. The van der Waals surface area contributed by atoms with Crippen LogP contribution < -0.4 is 0 Å². The van der Waals surface area contributed by atoms with Crippen LogP contribution in [0.4, 0.5) is 0 Å². The van der Waals surface area contributed by atoms with Gasteiger partial charge in [0.25, 0.3) is 0 Å². The third-order valence-corrected chi connectivity index (χ3v) is 5.43. The Hall–Kier alpha value is -1.31. The van der Waals surface area contributed by atoms with E-state index >= 15 is 0 Å². The largest absolute Gasteiger partial charge is 0.481 e. The highest BCUT2D eigenvalue weighted by molar-refractivity contribution is 5.66. The highest BCUT2D eigenvalue weighted by Gasteiger charge is 2.23. The van der Waals surface area contributed by atoms with Crippen molar-refractivity contribution in [1.29, 1.82) is 0 Å². The molecule has 128 valence electrons.